The first-order valence-corrected chi connectivity index (χ1v) is 6.67. The van der Waals surface area contributed by atoms with Gasteiger partial charge in [0, 0.05) is 17.8 Å². The molecule has 0 saturated heterocycles. The normalized spacial score (nSPS) is 23.7. The summed E-state index contributed by atoms with van der Waals surface area (Å²) in [5, 5.41) is 6.95. The van der Waals surface area contributed by atoms with E-state index in [0.29, 0.717) is 12.1 Å². The molecule has 2 N–H and O–H groups in total. The lowest BCUT2D eigenvalue weighted by molar-refractivity contribution is 0.369. The maximum absolute atomic E-state index is 5.35. The summed E-state index contributed by atoms with van der Waals surface area (Å²) in [5.41, 5.74) is 2.08. The highest BCUT2D eigenvalue weighted by Gasteiger charge is 2.20. The molecule has 1 aromatic heterocycles. The Hall–Kier alpha value is -1.29. The number of ether oxygens (including phenoxy) is 1. The molecule has 0 spiro atoms. The summed E-state index contributed by atoms with van der Waals surface area (Å²) in [6, 6.07) is 3.29. The third-order valence-corrected chi connectivity index (χ3v) is 3.72. The number of anilines is 1. The second kappa shape index (κ2) is 6.05. The zero-order valence-electron chi connectivity index (χ0n) is 11.5. The smallest absolute Gasteiger partial charge is 0.160 e. The van der Waals surface area contributed by atoms with Crippen LogP contribution in [0.2, 0.25) is 0 Å². The van der Waals surface area contributed by atoms with E-state index < -0.39 is 0 Å². The van der Waals surface area contributed by atoms with E-state index in [0.717, 1.165) is 17.1 Å². The van der Waals surface area contributed by atoms with E-state index in [2.05, 4.69) is 21.7 Å². The first-order valence-electron chi connectivity index (χ1n) is 6.67. The van der Waals surface area contributed by atoms with Crippen LogP contribution in [0, 0.1) is 6.92 Å². The Morgan fingerprint density at radius 3 is 2.50 bits per heavy atom. The van der Waals surface area contributed by atoms with Gasteiger partial charge in [0.2, 0.25) is 0 Å². The maximum atomic E-state index is 5.35. The predicted molar refractivity (Wildman–Crippen MR) is 74.3 cm³/mol. The first kappa shape index (κ1) is 13.1. The van der Waals surface area contributed by atoms with E-state index in [1.807, 2.05) is 14.0 Å². The number of nitrogens with one attached hydrogen (secondary N) is 2. The lowest BCUT2D eigenvalue weighted by Crippen LogP contribution is -2.35. The molecule has 100 valence electrons. The van der Waals surface area contributed by atoms with Gasteiger partial charge in [-0.25, -0.2) is 0 Å². The average molecular weight is 249 g/mol. The van der Waals surface area contributed by atoms with Gasteiger partial charge < -0.3 is 15.4 Å². The Labute approximate surface area is 109 Å². The van der Waals surface area contributed by atoms with Crippen LogP contribution in [0.5, 0.6) is 5.75 Å². The van der Waals surface area contributed by atoms with Crippen LogP contribution in [0.1, 0.15) is 31.4 Å². The molecule has 4 heteroatoms. The van der Waals surface area contributed by atoms with Gasteiger partial charge in [0.25, 0.3) is 0 Å². The molecule has 1 saturated carbocycles. The number of aromatic nitrogens is 1. The molecule has 1 aliphatic carbocycles. The molecule has 1 aromatic rings. The van der Waals surface area contributed by atoms with Crippen LogP contribution < -0.4 is 15.4 Å². The highest BCUT2D eigenvalue weighted by atomic mass is 16.5. The summed E-state index contributed by atoms with van der Waals surface area (Å²) in [6.07, 6.45) is 6.67. The number of pyridine rings is 1. The number of hydrogen-bond acceptors (Lipinski definition) is 4. The largest absolute Gasteiger partial charge is 0.493 e. The summed E-state index contributed by atoms with van der Waals surface area (Å²) in [5.74, 6) is 0.830. The van der Waals surface area contributed by atoms with Crippen molar-refractivity contribution in [2.75, 3.05) is 19.5 Å². The molecule has 2 rings (SSSR count). The summed E-state index contributed by atoms with van der Waals surface area (Å²) in [4.78, 5) is 4.25. The van der Waals surface area contributed by atoms with Gasteiger partial charge in [-0.15, -0.1) is 0 Å². The minimum Gasteiger partial charge on any atom is -0.493 e. The molecule has 1 heterocycles. The summed E-state index contributed by atoms with van der Waals surface area (Å²) < 4.78 is 5.35. The molecule has 0 radical (unpaired) electrons. The van der Waals surface area contributed by atoms with Gasteiger partial charge in [-0.1, -0.05) is 0 Å². The Balaban J connectivity index is 1.99. The fourth-order valence-corrected chi connectivity index (χ4v) is 2.57. The van der Waals surface area contributed by atoms with Crippen LogP contribution in [0.25, 0.3) is 0 Å². The number of hydrogen-bond donors (Lipinski definition) is 2. The molecule has 1 fully saturated rings. The Morgan fingerprint density at radius 1 is 1.22 bits per heavy atom. The minimum absolute atomic E-state index is 0.547. The molecule has 4 nitrogen and oxygen atoms in total. The van der Waals surface area contributed by atoms with Crippen molar-refractivity contribution in [3.8, 4) is 5.75 Å². The Kier molecular flexibility index (Phi) is 4.42. The van der Waals surface area contributed by atoms with E-state index in [9.17, 15) is 0 Å². The molecule has 0 aromatic carbocycles. The number of methoxy groups -OCH3 is 1. The van der Waals surface area contributed by atoms with Gasteiger partial charge in [-0.2, -0.15) is 0 Å². The molecule has 0 amide bonds. The molecule has 0 atom stereocenters. The van der Waals surface area contributed by atoms with E-state index in [4.69, 9.17) is 4.74 Å². The van der Waals surface area contributed by atoms with Gasteiger partial charge in [-0.3, -0.25) is 4.98 Å². The van der Waals surface area contributed by atoms with Crippen molar-refractivity contribution in [2.45, 2.75) is 44.7 Å². The molecule has 0 bridgehead atoms. The van der Waals surface area contributed by atoms with Crippen molar-refractivity contribution in [3.63, 3.8) is 0 Å². The van der Waals surface area contributed by atoms with Crippen LogP contribution in [-0.4, -0.2) is 31.2 Å². The zero-order valence-corrected chi connectivity index (χ0v) is 11.5. The van der Waals surface area contributed by atoms with Crippen LogP contribution in [-0.2, 0) is 0 Å². The van der Waals surface area contributed by atoms with Crippen molar-refractivity contribution in [2.24, 2.45) is 0 Å². The van der Waals surface area contributed by atoms with E-state index >= 15 is 0 Å². The highest BCUT2D eigenvalue weighted by Crippen LogP contribution is 2.28. The van der Waals surface area contributed by atoms with Crippen molar-refractivity contribution >= 4 is 5.69 Å². The van der Waals surface area contributed by atoms with Crippen molar-refractivity contribution < 1.29 is 4.74 Å². The number of rotatable bonds is 4. The van der Waals surface area contributed by atoms with Gasteiger partial charge in [0.1, 0.15) is 0 Å². The van der Waals surface area contributed by atoms with Crippen molar-refractivity contribution in [3.05, 3.63) is 18.0 Å². The molecular weight excluding hydrogens is 226 g/mol. The standard InChI is InChI=1S/C14H23N3O/c1-10-8-13(14(18-3)9-16-10)17-12-6-4-11(15-2)5-7-12/h8-9,11-12,15H,4-7H2,1-3H3,(H,16,17). The monoisotopic (exact) mass is 249 g/mol. The van der Waals surface area contributed by atoms with Crippen LogP contribution in [0.3, 0.4) is 0 Å². The average Bonchev–Trinajstić information content (AvgIpc) is 2.40. The van der Waals surface area contributed by atoms with Gasteiger partial charge in [0.05, 0.1) is 19.0 Å². The van der Waals surface area contributed by atoms with E-state index in [-0.39, 0.29) is 0 Å². The fourth-order valence-electron chi connectivity index (χ4n) is 2.57. The van der Waals surface area contributed by atoms with Crippen LogP contribution >= 0.6 is 0 Å². The Bertz CT molecular complexity index is 387. The molecular formula is C14H23N3O. The van der Waals surface area contributed by atoms with Crippen LogP contribution in [0.15, 0.2) is 12.3 Å². The first-order chi connectivity index (χ1) is 8.72. The number of nitrogens with zero attached hydrogens (tertiary/aromatic N) is 1. The van der Waals surface area contributed by atoms with Crippen LogP contribution in [0.4, 0.5) is 5.69 Å². The summed E-state index contributed by atoms with van der Waals surface area (Å²) >= 11 is 0. The van der Waals surface area contributed by atoms with Gasteiger partial charge in [0.15, 0.2) is 5.75 Å². The third kappa shape index (κ3) is 3.13. The van der Waals surface area contributed by atoms with Gasteiger partial charge in [-0.05, 0) is 45.7 Å². The Morgan fingerprint density at radius 2 is 1.89 bits per heavy atom. The maximum Gasteiger partial charge on any atom is 0.160 e. The third-order valence-electron chi connectivity index (χ3n) is 3.72. The SMILES string of the molecule is CNC1CCC(Nc2cc(C)ncc2OC)CC1. The fraction of sp³-hybridized carbons (Fsp3) is 0.643. The number of aryl methyl sites for hydroxylation is 1. The summed E-state index contributed by atoms with van der Waals surface area (Å²) in [7, 11) is 3.74. The minimum atomic E-state index is 0.547. The second-order valence-electron chi connectivity index (χ2n) is 5.01. The molecule has 18 heavy (non-hydrogen) atoms. The lowest BCUT2D eigenvalue weighted by Gasteiger charge is -2.30. The quantitative estimate of drug-likeness (QED) is 0.860. The summed E-state index contributed by atoms with van der Waals surface area (Å²) in [6.45, 7) is 2.00. The topological polar surface area (TPSA) is 46.2 Å². The van der Waals surface area contributed by atoms with E-state index in [1.54, 1.807) is 13.3 Å². The molecule has 0 aliphatic heterocycles. The molecule has 0 unspecified atom stereocenters. The zero-order chi connectivity index (χ0) is 13.0. The second-order valence-corrected chi connectivity index (χ2v) is 5.01. The lowest BCUT2D eigenvalue weighted by atomic mass is 9.91. The predicted octanol–water partition coefficient (Wildman–Crippen LogP) is 2.34. The van der Waals surface area contributed by atoms with Crippen molar-refractivity contribution in [1.82, 2.24) is 10.3 Å². The highest BCUT2D eigenvalue weighted by molar-refractivity contribution is 5.56. The molecule has 1 aliphatic rings. The van der Waals surface area contributed by atoms with Crippen molar-refractivity contribution in [1.29, 1.82) is 0 Å². The van der Waals surface area contributed by atoms with Gasteiger partial charge >= 0.3 is 0 Å². The van der Waals surface area contributed by atoms with E-state index in [1.165, 1.54) is 25.7 Å².